The molecule has 0 aliphatic heterocycles. The second-order valence-electron chi connectivity index (χ2n) is 6.53. The molecule has 5 heteroatoms. The summed E-state index contributed by atoms with van der Waals surface area (Å²) in [6.45, 7) is 7.61. The largest absolute Gasteiger partial charge is 0.490 e. The highest BCUT2D eigenvalue weighted by Gasteiger charge is 2.11. The van der Waals surface area contributed by atoms with Crippen LogP contribution in [0.25, 0.3) is 0 Å². The lowest BCUT2D eigenvalue weighted by atomic mass is 10.0. The molecular formula is C23H32FNO3. The third-order valence-corrected chi connectivity index (χ3v) is 4.28. The zero-order valence-electron chi connectivity index (χ0n) is 17.0. The Morgan fingerprint density at radius 1 is 0.893 bits per heavy atom. The predicted octanol–water partition coefficient (Wildman–Crippen LogP) is 5.14. The van der Waals surface area contributed by atoms with E-state index in [-0.39, 0.29) is 11.9 Å². The molecule has 0 aliphatic rings. The minimum absolute atomic E-state index is 0.00578. The average Bonchev–Trinajstić information content (AvgIpc) is 2.72. The fourth-order valence-corrected chi connectivity index (χ4v) is 2.90. The van der Waals surface area contributed by atoms with E-state index in [0.717, 1.165) is 49.4 Å². The van der Waals surface area contributed by atoms with Crippen molar-refractivity contribution in [3.8, 4) is 11.5 Å². The maximum absolute atomic E-state index is 13.1. The number of halogens is 1. The van der Waals surface area contributed by atoms with E-state index in [2.05, 4.69) is 12.2 Å². The van der Waals surface area contributed by atoms with Gasteiger partial charge >= 0.3 is 0 Å². The molecule has 0 fully saturated rings. The molecule has 0 radical (unpaired) electrons. The van der Waals surface area contributed by atoms with Crippen LogP contribution >= 0.6 is 0 Å². The molecule has 1 unspecified atom stereocenters. The van der Waals surface area contributed by atoms with Gasteiger partial charge in [-0.15, -0.1) is 0 Å². The first kappa shape index (κ1) is 22.2. The van der Waals surface area contributed by atoms with E-state index in [0.29, 0.717) is 19.8 Å². The van der Waals surface area contributed by atoms with Crippen molar-refractivity contribution in [3.63, 3.8) is 0 Å². The lowest BCUT2D eigenvalue weighted by Crippen LogP contribution is -2.22. The normalized spacial score (nSPS) is 12.0. The van der Waals surface area contributed by atoms with E-state index in [1.54, 1.807) is 12.1 Å². The number of para-hydroxylation sites is 2. The van der Waals surface area contributed by atoms with E-state index in [4.69, 9.17) is 14.2 Å². The zero-order valence-corrected chi connectivity index (χ0v) is 17.0. The molecule has 0 aromatic heterocycles. The highest BCUT2D eigenvalue weighted by atomic mass is 19.1. The monoisotopic (exact) mass is 389 g/mol. The van der Waals surface area contributed by atoms with Gasteiger partial charge in [-0.05, 0) is 62.6 Å². The molecular weight excluding hydrogens is 357 g/mol. The first-order valence-corrected chi connectivity index (χ1v) is 10.2. The smallest absolute Gasteiger partial charge is 0.161 e. The van der Waals surface area contributed by atoms with Gasteiger partial charge in [-0.1, -0.05) is 31.2 Å². The molecule has 2 aromatic rings. The molecule has 0 saturated heterocycles. The summed E-state index contributed by atoms with van der Waals surface area (Å²) < 4.78 is 30.4. The van der Waals surface area contributed by atoms with Crippen molar-refractivity contribution in [2.75, 3.05) is 32.9 Å². The number of hydrogen-bond acceptors (Lipinski definition) is 4. The molecule has 2 rings (SSSR count). The quantitative estimate of drug-likeness (QED) is 0.454. The molecule has 154 valence electrons. The molecule has 0 spiro atoms. The molecule has 28 heavy (non-hydrogen) atoms. The van der Waals surface area contributed by atoms with Crippen molar-refractivity contribution in [1.29, 1.82) is 0 Å². The maximum atomic E-state index is 13.1. The van der Waals surface area contributed by atoms with E-state index in [1.807, 2.05) is 31.2 Å². The van der Waals surface area contributed by atoms with Crippen molar-refractivity contribution < 1.29 is 18.6 Å². The number of ether oxygens (including phenoxy) is 3. The van der Waals surface area contributed by atoms with Gasteiger partial charge in [0.15, 0.2) is 11.5 Å². The van der Waals surface area contributed by atoms with Crippen LogP contribution < -0.4 is 14.8 Å². The minimum Gasteiger partial charge on any atom is -0.490 e. The van der Waals surface area contributed by atoms with Crippen LogP contribution in [0.4, 0.5) is 4.39 Å². The summed E-state index contributed by atoms with van der Waals surface area (Å²) in [5.74, 6) is 1.36. The fraction of sp³-hybridized carbons (Fsp3) is 0.478. The highest BCUT2D eigenvalue weighted by molar-refractivity contribution is 5.39. The van der Waals surface area contributed by atoms with Crippen molar-refractivity contribution in [3.05, 3.63) is 59.9 Å². The Bertz CT molecular complexity index is 663. The molecule has 0 amide bonds. The molecule has 0 saturated carbocycles. The van der Waals surface area contributed by atoms with Gasteiger partial charge in [0, 0.05) is 13.2 Å². The Labute approximate surface area is 168 Å². The second kappa shape index (κ2) is 13.1. The molecule has 1 N–H and O–H groups in total. The van der Waals surface area contributed by atoms with Crippen LogP contribution in [0.1, 0.15) is 44.8 Å². The third-order valence-electron chi connectivity index (χ3n) is 4.28. The molecule has 1 atom stereocenters. The van der Waals surface area contributed by atoms with Crippen LogP contribution in [0.2, 0.25) is 0 Å². The van der Waals surface area contributed by atoms with E-state index in [9.17, 15) is 4.39 Å². The standard InChI is InChI=1S/C23H32FNO3/c1-3-17-27-22-8-5-6-9-23(22)28-18-16-25-15-7-10-21(26-4-2)19-11-13-20(24)14-12-19/h5-6,8-9,11-14,21,25H,3-4,7,10,15-18H2,1-2H3. The maximum Gasteiger partial charge on any atom is 0.161 e. The summed E-state index contributed by atoms with van der Waals surface area (Å²) in [6.07, 6.45) is 2.83. The molecule has 4 nitrogen and oxygen atoms in total. The minimum atomic E-state index is -0.220. The van der Waals surface area contributed by atoms with Gasteiger partial charge < -0.3 is 19.5 Å². The van der Waals surface area contributed by atoms with Crippen LogP contribution in [0.3, 0.4) is 0 Å². The summed E-state index contributed by atoms with van der Waals surface area (Å²) in [5, 5.41) is 3.39. The number of nitrogens with one attached hydrogen (secondary N) is 1. The summed E-state index contributed by atoms with van der Waals surface area (Å²) in [7, 11) is 0. The van der Waals surface area contributed by atoms with Crippen LogP contribution in [0.15, 0.2) is 48.5 Å². The SMILES string of the molecule is CCCOc1ccccc1OCCNCCCC(OCC)c1ccc(F)cc1. The van der Waals surface area contributed by atoms with Crippen molar-refractivity contribution in [1.82, 2.24) is 5.32 Å². The number of hydrogen-bond donors (Lipinski definition) is 1. The lowest BCUT2D eigenvalue weighted by molar-refractivity contribution is 0.0547. The Balaban J connectivity index is 1.65. The Hall–Kier alpha value is -2.11. The first-order chi connectivity index (χ1) is 13.7. The molecule has 0 heterocycles. The molecule has 2 aromatic carbocycles. The molecule has 0 bridgehead atoms. The fourth-order valence-electron chi connectivity index (χ4n) is 2.90. The predicted molar refractivity (Wildman–Crippen MR) is 111 cm³/mol. The van der Waals surface area contributed by atoms with E-state index in [1.165, 1.54) is 12.1 Å². The number of benzene rings is 2. The van der Waals surface area contributed by atoms with Crippen molar-refractivity contribution >= 4 is 0 Å². The summed E-state index contributed by atoms with van der Waals surface area (Å²) >= 11 is 0. The highest BCUT2D eigenvalue weighted by Crippen LogP contribution is 2.26. The van der Waals surface area contributed by atoms with Gasteiger partial charge in [0.05, 0.1) is 12.7 Å². The summed E-state index contributed by atoms with van der Waals surface area (Å²) in [5.41, 5.74) is 1.02. The van der Waals surface area contributed by atoms with Crippen LogP contribution in [0.5, 0.6) is 11.5 Å². The Kier molecular flexibility index (Phi) is 10.4. The van der Waals surface area contributed by atoms with Crippen molar-refractivity contribution in [2.24, 2.45) is 0 Å². The first-order valence-electron chi connectivity index (χ1n) is 10.2. The second-order valence-corrected chi connectivity index (χ2v) is 6.53. The van der Waals surface area contributed by atoms with Gasteiger partial charge in [0.1, 0.15) is 12.4 Å². The van der Waals surface area contributed by atoms with E-state index < -0.39 is 0 Å². The van der Waals surface area contributed by atoms with E-state index >= 15 is 0 Å². The van der Waals surface area contributed by atoms with Gasteiger partial charge in [-0.3, -0.25) is 0 Å². The van der Waals surface area contributed by atoms with Crippen LogP contribution in [0, 0.1) is 5.82 Å². The lowest BCUT2D eigenvalue weighted by Gasteiger charge is -2.17. The topological polar surface area (TPSA) is 39.7 Å². The van der Waals surface area contributed by atoms with Crippen LogP contribution in [-0.4, -0.2) is 32.9 Å². The Morgan fingerprint density at radius 2 is 1.57 bits per heavy atom. The number of rotatable bonds is 14. The Morgan fingerprint density at radius 3 is 2.21 bits per heavy atom. The molecule has 0 aliphatic carbocycles. The average molecular weight is 390 g/mol. The summed E-state index contributed by atoms with van der Waals surface area (Å²) in [6, 6.07) is 14.3. The van der Waals surface area contributed by atoms with Gasteiger partial charge in [-0.25, -0.2) is 4.39 Å². The van der Waals surface area contributed by atoms with Gasteiger partial charge in [0.2, 0.25) is 0 Å². The van der Waals surface area contributed by atoms with Crippen LogP contribution in [-0.2, 0) is 4.74 Å². The van der Waals surface area contributed by atoms with Gasteiger partial charge in [-0.2, -0.15) is 0 Å². The third kappa shape index (κ3) is 7.87. The van der Waals surface area contributed by atoms with Crippen molar-refractivity contribution in [2.45, 2.75) is 39.2 Å². The summed E-state index contributed by atoms with van der Waals surface area (Å²) in [4.78, 5) is 0. The zero-order chi connectivity index (χ0) is 20.0. The van der Waals surface area contributed by atoms with Gasteiger partial charge in [0.25, 0.3) is 0 Å².